The van der Waals surface area contributed by atoms with Crippen molar-refractivity contribution in [1.29, 1.82) is 0 Å². The third-order valence-corrected chi connectivity index (χ3v) is 9.41. The molecule has 0 aliphatic heterocycles. The SMILES string of the molecule is CC[C@H]1CCC2C3CC[C@@H]4CC(=NOC)CC[C@]4(C)C3CC[C@@]21C. The molecule has 7 atom stereocenters. The molecule has 0 aromatic heterocycles. The number of nitrogens with zero attached hydrogens (tertiary/aromatic N) is 1. The van der Waals surface area contributed by atoms with Gasteiger partial charge in [0.2, 0.25) is 0 Å². The molecule has 4 aliphatic carbocycles. The van der Waals surface area contributed by atoms with Crippen LogP contribution in [0.2, 0.25) is 0 Å². The lowest BCUT2D eigenvalue weighted by Crippen LogP contribution is -2.53. The topological polar surface area (TPSA) is 21.6 Å². The monoisotopic (exact) mass is 331 g/mol. The molecule has 0 aromatic rings. The van der Waals surface area contributed by atoms with Gasteiger partial charge in [0.25, 0.3) is 0 Å². The lowest BCUT2D eigenvalue weighted by atomic mass is 9.44. The van der Waals surface area contributed by atoms with Crippen molar-refractivity contribution < 1.29 is 4.84 Å². The van der Waals surface area contributed by atoms with Crippen molar-refractivity contribution in [2.24, 2.45) is 45.6 Å². The van der Waals surface area contributed by atoms with Crippen LogP contribution in [0.5, 0.6) is 0 Å². The third-order valence-electron chi connectivity index (χ3n) is 9.41. The molecule has 4 fully saturated rings. The second kappa shape index (κ2) is 6.02. The number of hydrogen-bond acceptors (Lipinski definition) is 2. The molecule has 136 valence electrons. The Bertz CT molecular complexity index is 514. The van der Waals surface area contributed by atoms with Crippen LogP contribution in [0.4, 0.5) is 0 Å². The Kier molecular flexibility index (Phi) is 4.24. The Labute approximate surface area is 148 Å². The van der Waals surface area contributed by atoms with E-state index in [0.717, 1.165) is 29.6 Å². The lowest BCUT2D eigenvalue weighted by molar-refractivity contribution is -0.101. The predicted octanol–water partition coefficient (Wildman–Crippen LogP) is 6.06. The molecule has 0 bridgehead atoms. The maximum atomic E-state index is 5.08. The van der Waals surface area contributed by atoms with Crippen molar-refractivity contribution in [2.45, 2.75) is 85.0 Å². The second-order valence-electron chi connectivity index (χ2n) is 9.93. The van der Waals surface area contributed by atoms with E-state index in [2.05, 4.69) is 25.9 Å². The number of rotatable bonds is 2. The molecule has 4 saturated carbocycles. The predicted molar refractivity (Wildman–Crippen MR) is 100.0 cm³/mol. The van der Waals surface area contributed by atoms with Gasteiger partial charge in [-0.15, -0.1) is 0 Å². The third kappa shape index (κ3) is 2.31. The Morgan fingerprint density at radius 1 is 1.00 bits per heavy atom. The van der Waals surface area contributed by atoms with Crippen LogP contribution in [0.25, 0.3) is 0 Å². The fourth-order valence-electron chi connectivity index (χ4n) is 8.05. The summed E-state index contributed by atoms with van der Waals surface area (Å²) >= 11 is 0. The summed E-state index contributed by atoms with van der Waals surface area (Å²) in [5.41, 5.74) is 2.56. The van der Waals surface area contributed by atoms with Crippen LogP contribution in [0.1, 0.15) is 85.0 Å². The second-order valence-corrected chi connectivity index (χ2v) is 9.93. The quantitative estimate of drug-likeness (QED) is 0.564. The van der Waals surface area contributed by atoms with Gasteiger partial charge in [-0.2, -0.15) is 0 Å². The Morgan fingerprint density at radius 2 is 1.79 bits per heavy atom. The van der Waals surface area contributed by atoms with Gasteiger partial charge < -0.3 is 4.84 Å². The summed E-state index contributed by atoms with van der Waals surface area (Å²) in [5, 5.41) is 4.31. The molecular formula is C22H37NO. The summed E-state index contributed by atoms with van der Waals surface area (Å²) in [7, 11) is 1.70. The number of hydrogen-bond donors (Lipinski definition) is 0. The standard InChI is InChI=1S/C22H37NO/c1-5-15-7-9-19-18-8-6-16-14-17(23-24-4)10-12-22(16,3)20(18)11-13-21(15,19)2/h15-16,18-20H,5-14H2,1-4H3/t15-,16+,18?,19?,20?,21+,22-/m0/s1. The summed E-state index contributed by atoms with van der Waals surface area (Å²) in [5.74, 6) is 4.87. The van der Waals surface area contributed by atoms with E-state index in [1.807, 2.05) is 0 Å². The molecule has 0 N–H and O–H groups in total. The van der Waals surface area contributed by atoms with E-state index in [1.54, 1.807) is 7.11 Å². The van der Waals surface area contributed by atoms with Gasteiger partial charge in [-0.25, -0.2) is 0 Å². The first-order valence-electron chi connectivity index (χ1n) is 10.6. The van der Waals surface area contributed by atoms with Crippen LogP contribution >= 0.6 is 0 Å². The molecule has 0 heterocycles. The minimum absolute atomic E-state index is 0.571. The minimum Gasteiger partial charge on any atom is -0.399 e. The molecule has 24 heavy (non-hydrogen) atoms. The van der Waals surface area contributed by atoms with Gasteiger partial charge in [-0.3, -0.25) is 0 Å². The Morgan fingerprint density at radius 3 is 2.54 bits per heavy atom. The summed E-state index contributed by atoms with van der Waals surface area (Å²) in [6, 6.07) is 0. The summed E-state index contributed by atoms with van der Waals surface area (Å²) in [6.45, 7) is 7.74. The Hall–Kier alpha value is -0.530. The first-order chi connectivity index (χ1) is 11.5. The van der Waals surface area contributed by atoms with E-state index in [0.29, 0.717) is 10.8 Å². The first-order valence-corrected chi connectivity index (χ1v) is 10.6. The van der Waals surface area contributed by atoms with Crippen LogP contribution in [-0.4, -0.2) is 12.8 Å². The van der Waals surface area contributed by atoms with Gasteiger partial charge >= 0.3 is 0 Å². The van der Waals surface area contributed by atoms with Gasteiger partial charge in [-0.05, 0) is 98.2 Å². The average Bonchev–Trinajstić information content (AvgIpc) is 2.92. The molecular weight excluding hydrogens is 294 g/mol. The first kappa shape index (κ1) is 16.9. The summed E-state index contributed by atoms with van der Waals surface area (Å²) in [6.07, 6.45) is 14.1. The lowest BCUT2D eigenvalue weighted by Gasteiger charge is -2.60. The number of oxime groups is 1. The van der Waals surface area contributed by atoms with E-state index in [9.17, 15) is 0 Å². The van der Waals surface area contributed by atoms with E-state index < -0.39 is 0 Å². The van der Waals surface area contributed by atoms with Crippen LogP contribution in [0, 0.1) is 40.4 Å². The average molecular weight is 332 g/mol. The van der Waals surface area contributed by atoms with Crippen LogP contribution < -0.4 is 0 Å². The van der Waals surface area contributed by atoms with Gasteiger partial charge in [0.05, 0.1) is 5.71 Å². The summed E-state index contributed by atoms with van der Waals surface area (Å²) in [4.78, 5) is 5.08. The molecule has 3 unspecified atom stereocenters. The molecule has 0 spiro atoms. The molecule has 0 saturated heterocycles. The van der Waals surface area contributed by atoms with Crippen LogP contribution in [-0.2, 0) is 4.84 Å². The smallest absolute Gasteiger partial charge is 0.106 e. The molecule has 0 amide bonds. The highest BCUT2D eigenvalue weighted by Crippen LogP contribution is 2.67. The number of fused-ring (bicyclic) bond motifs is 5. The highest BCUT2D eigenvalue weighted by atomic mass is 16.6. The fraction of sp³-hybridized carbons (Fsp3) is 0.955. The largest absolute Gasteiger partial charge is 0.399 e. The minimum atomic E-state index is 0.571. The van der Waals surface area contributed by atoms with Crippen molar-refractivity contribution in [1.82, 2.24) is 0 Å². The van der Waals surface area contributed by atoms with Gasteiger partial charge in [-0.1, -0.05) is 32.3 Å². The van der Waals surface area contributed by atoms with Crippen molar-refractivity contribution in [3.8, 4) is 0 Å². The van der Waals surface area contributed by atoms with E-state index in [1.165, 1.54) is 69.9 Å². The zero-order valence-electron chi connectivity index (χ0n) is 16.3. The summed E-state index contributed by atoms with van der Waals surface area (Å²) < 4.78 is 0. The van der Waals surface area contributed by atoms with E-state index in [4.69, 9.17) is 4.84 Å². The zero-order valence-corrected chi connectivity index (χ0v) is 16.3. The highest BCUT2D eigenvalue weighted by molar-refractivity contribution is 5.85. The van der Waals surface area contributed by atoms with E-state index >= 15 is 0 Å². The maximum absolute atomic E-state index is 5.08. The van der Waals surface area contributed by atoms with Crippen molar-refractivity contribution in [3.05, 3.63) is 0 Å². The maximum Gasteiger partial charge on any atom is 0.106 e. The molecule has 4 rings (SSSR count). The van der Waals surface area contributed by atoms with E-state index in [-0.39, 0.29) is 0 Å². The fourth-order valence-corrected chi connectivity index (χ4v) is 8.05. The van der Waals surface area contributed by atoms with Crippen molar-refractivity contribution in [3.63, 3.8) is 0 Å². The van der Waals surface area contributed by atoms with Crippen molar-refractivity contribution in [2.75, 3.05) is 7.11 Å². The normalized spacial score (nSPS) is 52.5. The van der Waals surface area contributed by atoms with Gasteiger partial charge in [0.15, 0.2) is 0 Å². The molecule has 0 radical (unpaired) electrons. The highest BCUT2D eigenvalue weighted by Gasteiger charge is 2.59. The van der Waals surface area contributed by atoms with Crippen molar-refractivity contribution >= 4 is 5.71 Å². The molecule has 0 aromatic carbocycles. The zero-order chi connectivity index (χ0) is 16.9. The van der Waals surface area contributed by atoms with Crippen LogP contribution in [0.15, 0.2) is 5.16 Å². The molecule has 4 aliphatic rings. The molecule has 2 heteroatoms. The Balaban J connectivity index is 1.57. The van der Waals surface area contributed by atoms with Gasteiger partial charge in [0.1, 0.15) is 7.11 Å². The molecule has 2 nitrogen and oxygen atoms in total. The van der Waals surface area contributed by atoms with Crippen LogP contribution in [0.3, 0.4) is 0 Å². The van der Waals surface area contributed by atoms with Gasteiger partial charge in [0, 0.05) is 0 Å².